The predicted octanol–water partition coefficient (Wildman–Crippen LogP) is 4.02. The van der Waals surface area contributed by atoms with Crippen molar-refractivity contribution in [3.63, 3.8) is 0 Å². The first-order valence-corrected chi connectivity index (χ1v) is 10.2. The molecule has 2 aromatic rings. The molecule has 2 aromatic carbocycles. The average Bonchev–Trinajstić information content (AvgIpc) is 2.61. The predicted molar refractivity (Wildman–Crippen MR) is 101 cm³/mol. The van der Waals surface area contributed by atoms with Gasteiger partial charge in [-0.2, -0.15) is 0 Å². The van der Waals surface area contributed by atoms with Crippen LogP contribution in [0.2, 0.25) is 0 Å². The van der Waals surface area contributed by atoms with Crippen molar-refractivity contribution in [3.8, 4) is 5.75 Å². The van der Waals surface area contributed by atoms with E-state index in [-0.39, 0.29) is 9.79 Å². The van der Waals surface area contributed by atoms with Crippen molar-refractivity contribution in [2.24, 2.45) is 0 Å². The van der Waals surface area contributed by atoms with Gasteiger partial charge in [-0.15, -0.1) is 0 Å². The molecule has 0 aromatic heterocycles. The summed E-state index contributed by atoms with van der Waals surface area (Å²) < 4.78 is 31.4. The first-order valence-electron chi connectivity index (χ1n) is 8.68. The molecule has 5 heteroatoms. The van der Waals surface area contributed by atoms with Crippen LogP contribution in [0.25, 0.3) is 0 Å². The number of hydrogen-bond acceptors (Lipinski definition) is 4. The topological polar surface area (TPSA) is 46.6 Å². The van der Waals surface area contributed by atoms with Crippen LogP contribution in [0.1, 0.15) is 25.7 Å². The Balaban J connectivity index is 1.95. The van der Waals surface area contributed by atoms with Crippen molar-refractivity contribution in [1.29, 1.82) is 0 Å². The monoisotopic (exact) mass is 361 g/mol. The minimum absolute atomic E-state index is 0.230. The van der Waals surface area contributed by atoms with Crippen molar-refractivity contribution in [2.75, 3.05) is 27.2 Å². The second-order valence-corrected chi connectivity index (χ2v) is 8.25. The summed E-state index contributed by atoms with van der Waals surface area (Å²) in [5, 5.41) is 0. The quantitative estimate of drug-likeness (QED) is 0.600. The fourth-order valence-electron chi connectivity index (χ4n) is 2.58. The maximum Gasteiger partial charge on any atom is 0.210 e. The van der Waals surface area contributed by atoms with E-state index in [9.17, 15) is 8.42 Å². The average molecular weight is 362 g/mol. The normalized spacial score (nSPS) is 11.6. The first-order chi connectivity index (χ1) is 12.0. The van der Waals surface area contributed by atoms with Crippen molar-refractivity contribution >= 4 is 9.84 Å². The highest BCUT2D eigenvalue weighted by molar-refractivity contribution is 7.91. The van der Waals surface area contributed by atoms with Gasteiger partial charge in [0.25, 0.3) is 0 Å². The van der Waals surface area contributed by atoms with Gasteiger partial charge in [0.05, 0.1) is 11.5 Å². The van der Waals surface area contributed by atoms with Crippen LogP contribution in [0.5, 0.6) is 5.75 Å². The second-order valence-electron chi connectivity index (χ2n) is 6.33. The van der Waals surface area contributed by atoms with E-state index in [4.69, 9.17) is 4.74 Å². The molecule has 0 bridgehead atoms. The summed E-state index contributed by atoms with van der Waals surface area (Å²) in [4.78, 5) is 2.70. The van der Waals surface area contributed by atoms with Gasteiger partial charge >= 0.3 is 0 Å². The molecule has 0 atom stereocenters. The molecule has 0 aliphatic rings. The van der Waals surface area contributed by atoms with Crippen LogP contribution in [-0.2, 0) is 9.84 Å². The number of sulfone groups is 1. The Morgan fingerprint density at radius 2 is 1.48 bits per heavy atom. The molecule has 0 saturated heterocycles. The highest BCUT2D eigenvalue weighted by atomic mass is 32.2. The minimum Gasteiger partial charge on any atom is -0.492 e. The molecule has 0 N–H and O–H groups in total. The largest absolute Gasteiger partial charge is 0.492 e. The van der Waals surface area contributed by atoms with Crippen molar-refractivity contribution in [2.45, 2.75) is 35.5 Å². The van der Waals surface area contributed by atoms with E-state index < -0.39 is 9.84 Å². The first kappa shape index (κ1) is 19.5. The Morgan fingerprint density at radius 3 is 2.20 bits per heavy atom. The van der Waals surface area contributed by atoms with Gasteiger partial charge in [-0.25, -0.2) is 8.42 Å². The fourth-order valence-corrected chi connectivity index (χ4v) is 4.00. The Labute approximate surface area is 151 Å². The van der Waals surface area contributed by atoms with Crippen molar-refractivity contribution in [3.05, 3.63) is 54.6 Å². The van der Waals surface area contributed by atoms with E-state index in [0.29, 0.717) is 12.4 Å². The summed E-state index contributed by atoms with van der Waals surface area (Å²) in [6.07, 6.45) is 4.34. The number of ether oxygens (including phenoxy) is 1. The molecule has 0 radical (unpaired) electrons. The molecule has 0 aliphatic heterocycles. The molecule has 0 fully saturated rings. The van der Waals surface area contributed by atoms with Crippen LogP contribution in [-0.4, -0.2) is 40.6 Å². The number of rotatable bonds is 10. The summed E-state index contributed by atoms with van der Waals surface area (Å²) in [5.74, 6) is 0.430. The minimum atomic E-state index is -3.56. The van der Waals surface area contributed by atoms with E-state index >= 15 is 0 Å². The van der Waals surface area contributed by atoms with E-state index in [1.807, 2.05) is 0 Å². The lowest BCUT2D eigenvalue weighted by Gasteiger charge is -2.12. The van der Waals surface area contributed by atoms with Crippen molar-refractivity contribution < 1.29 is 13.2 Å². The third-order valence-electron chi connectivity index (χ3n) is 3.95. The van der Waals surface area contributed by atoms with E-state index in [2.05, 4.69) is 19.0 Å². The van der Waals surface area contributed by atoms with Gasteiger partial charge in [-0.3, -0.25) is 0 Å². The molecule has 2 rings (SSSR count). The van der Waals surface area contributed by atoms with Gasteiger partial charge in [-0.05, 0) is 57.7 Å². The van der Waals surface area contributed by atoms with Crippen LogP contribution in [0.3, 0.4) is 0 Å². The van der Waals surface area contributed by atoms with Gasteiger partial charge in [0.1, 0.15) is 10.6 Å². The Hall–Kier alpha value is -1.85. The lowest BCUT2D eigenvalue weighted by molar-refractivity contribution is 0.295. The number of para-hydroxylation sites is 1. The zero-order valence-corrected chi connectivity index (χ0v) is 15.8. The SMILES string of the molecule is CN(C)CCCCCCOc1ccccc1S(=O)(=O)c1ccccc1. The maximum atomic E-state index is 12.8. The lowest BCUT2D eigenvalue weighted by atomic mass is 10.2. The smallest absolute Gasteiger partial charge is 0.210 e. The number of nitrogens with zero attached hydrogens (tertiary/aromatic N) is 1. The third kappa shape index (κ3) is 5.87. The Morgan fingerprint density at radius 1 is 0.840 bits per heavy atom. The maximum absolute atomic E-state index is 12.8. The number of unbranched alkanes of at least 4 members (excludes halogenated alkanes) is 3. The van der Waals surface area contributed by atoms with Gasteiger partial charge < -0.3 is 9.64 Å². The summed E-state index contributed by atoms with van der Waals surface area (Å²) in [6.45, 7) is 1.63. The van der Waals surface area contributed by atoms with E-state index in [0.717, 1.165) is 25.8 Å². The number of benzene rings is 2. The molecule has 25 heavy (non-hydrogen) atoms. The molecular formula is C20H27NO3S. The molecule has 0 unspecified atom stereocenters. The van der Waals surface area contributed by atoms with Crippen LogP contribution in [0.15, 0.2) is 64.4 Å². The van der Waals surface area contributed by atoms with E-state index in [1.54, 1.807) is 54.6 Å². The van der Waals surface area contributed by atoms with E-state index in [1.165, 1.54) is 6.42 Å². The van der Waals surface area contributed by atoms with Crippen LogP contribution in [0, 0.1) is 0 Å². The zero-order chi connectivity index (χ0) is 18.1. The molecule has 4 nitrogen and oxygen atoms in total. The number of hydrogen-bond donors (Lipinski definition) is 0. The molecule has 0 saturated carbocycles. The van der Waals surface area contributed by atoms with Gasteiger partial charge in [0.15, 0.2) is 0 Å². The van der Waals surface area contributed by atoms with Crippen LogP contribution >= 0.6 is 0 Å². The fraction of sp³-hybridized carbons (Fsp3) is 0.400. The second kappa shape index (κ2) is 9.59. The molecule has 0 amide bonds. The zero-order valence-electron chi connectivity index (χ0n) is 15.0. The Bertz CT molecular complexity index is 743. The van der Waals surface area contributed by atoms with Gasteiger partial charge in [0, 0.05) is 0 Å². The Kier molecular flexibility index (Phi) is 7.47. The highest BCUT2D eigenvalue weighted by Gasteiger charge is 2.21. The molecular weight excluding hydrogens is 334 g/mol. The standard InChI is InChI=1S/C20H27NO3S/c1-21(2)16-10-3-4-11-17-24-19-14-8-9-15-20(19)25(22,23)18-12-6-5-7-13-18/h5-9,12-15H,3-4,10-11,16-17H2,1-2H3. The third-order valence-corrected chi connectivity index (χ3v) is 5.76. The summed E-state index contributed by atoms with van der Waals surface area (Å²) in [7, 11) is 0.592. The highest BCUT2D eigenvalue weighted by Crippen LogP contribution is 2.29. The summed E-state index contributed by atoms with van der Waals surface area (Å²) in [5.41, 5.74) is 0. The van der Waals surface area contributed by atoms with Gasteiger partial charge in [0.2, 0.25) is 9.84 Å². The molecule has 0 heterocycles. The van der Waals surface area contributed by atoms with Crippen LogP contribution < -0.4 is 4.74 Å². The van der Waals surface area contributed by atoms with Crippen molar-refractivity contribution in [1.82, 2.24) is 4.90 Å². The summed E-state index contributed by atoms with van der Waals surface area (Å²) >= 11 is 0. The molecule has 136 valence electrons. The van der Waals surface area contributed by atoms with Gasteiger partial charge in [-0.1, -0.05) is 43.2 Å². The van der Waals surface area contributed by atoms with Crippen LogP contribution in [0.4, 0.5) is 0 Å². The lowest BCUT2D eigenvalue weighted by Crippen LogP contribution is -2.12. The molecule has 0 spiro atoms. The summed E-state index contributed by atoms with van der Waals surface area (Å²) in [6, 6.07) is 15.3. The molecule has 0 aliphatic carbocycles.